The topological polar surface area (TPSA) is 52.6 Å². The molecule has 0 aliphatic carbocycles. The van der Waals surface area contributed by atoms with Gasteiger partial charge in [-0.25, -0.2) is 4.79 Å². The van der Waals surface area contributed by atoms with E-state index in [9.17, 15) is 9.59 Å². The molecule has 0 bridgehead atoms. The Hall–Kier alpha value is -1.58. The third-order valence-electron chi connectivity index (χ3n) is 2.94. The zero-order chi connectivity index (χ0) is 15.8. The van der Waals surface area contributed by atoms with E-state index in [-0.39, 0.29) is 6.10 Å². The molecule has 0 radical (unpaired) electrons. The molecule has 0 aromatic heterocycles. The van der Waals surface area contributed by atoms with Gasteiger partial charge in [-0.3, -0.25) is 0 Å². The monoisotopic (exact) mass is 296 g/mol. The lowest BCUT2D eigenvalue weighted by atomic mass is 10.1. The van der Waals surface area contributed by atoms with E-state index in [1.165, 1.54) is 31.6 Å². The van der Waals surface area contributed by atoms with Crippen LogP contribution < -0.4 is 0 Å². The van der Waals surface area contributed by atoms with Crippen LogP contribution in [0.2, 0.25) is 0 Å². The number of esters is 1. The zero-order valence-electron chi connectivity index (χ0n) is 13.3. The molecule has 1 atom stereocenters. The van der Waals surface area contributed by atoms with Gasteiger partial charge in [-0.1, -0.05) is 38.3 Å². The van der Waals surface area contributed by atoms with Crippen molar-refractivity contribution in [1.29, 1.82) is 0 Å². The van der Waals surface area contributed by atoms with Gasteiger partial charge in [-0.2, -0.15) is 0 Å². The lowest BCUT2D eigenvalue weighted by molar-refractivity contribution is -0.137. The van der Waals surface area contributed by atoms with Gasteiger partial charge in [0.25, 0.3) is 0 Å². The molecule has 4 nitrogen and oxygen atoms in total. The van der Waals surface area contributed by atoms with E-state index in [1.807, 2.05) is 12.2 Å². The van der Waals surface area contributed by atoms with Crippen LogP contribution in [-0.2, 0) is 19.1 Å². The number of rotatable bonds is 13. The van der Waals surface area contributed by atoms with Crippen molar-refractivity contribution in [2.24, 2.45) is 0 Å². The fraction of sp³-hybridized carbons (Fsp3) is 0.647. The first-order chi connectivity index (χ1) is 10.2. The summed E-state index contributed by atoms with van der Waals surface area (Å²) < 4.78 is 10.4. The van der Waals surface area contributed by atoms with Gasteiger partial charge in [0.1, 0.15) is 12.4 Å². The van der Waals surface area contributed by atoms with Crippen LogP contribution in [0.15, 0.2) is 24.5 Å². The molecular formula is C17H28O4. The molecule has 0 fully saturated rings. The van der Waals surface area contributed by atoms with Gasteiger partial charge < -0.3 is 14.3 Å². The van der Waals surface area contributed by atoms with E-state index in [1.54, 1.807) is 6.92 Å². The van der Waals surface area contributed by atoms with Gasteiger partial charge >= 0.3 is 5.97 Å². The first kappa shape index (κ1) is 19.4. The molecule has 0 aliphatic rings. The Morgan fingerprint density at radius 2 is 1.95 bits per heavy atom. The highest BCUT2D eigenvalue weighted by Crippen LogP contribution is 2.12. The van der Waals surface area contributed by atoms with Crippen molar-refractivity contribution < 1.29 is 19.1 Å². The minimum Gasteiger partial charge on any atom is -0.497 e. The SMILES string of the molecule is CCCCCC[C@H](C/C=C\CC=O)O/C=C/C(=O)OCC. The molecule has 0 N–H and O–H groups in total. The summed E-state index contributed by atoms with van der Waals surface area (Å²) >= 11 is 0. The zero-order valence-corrected chi connectivity index (χ0v) is 13.3. The van der Waals surface area contributed by atoms with Crippen LogP contribution in [0.3, 0.4) is 0 Å². The fourth-order valence-corrected chi connectivity index (χ4v) is 1.84. The van der Waals surface area contributed by atoms with E-state index < -0.39 is 5.97 Å². The first-order valence-corrected chi connectivity index (χ1v) is 7.81. The second-order valence-corrected chi connectivity index (χ2v) is 4.77. The molecule has 0 rings (SSSR count). The van der Waals surface area contributed by atoms with Gasteiger partial charge in [0.05, 0.1) is 18.9 Å². The Morgan fingerprint density at radius 1 is 1.14 bits per heavy atom. The summed E-state index contributed by atoms with van der Waals surface area (Å²) in [6.45, 7) is 4.30. The smallest absolute Gasteiger partial charge is 0.333 e. The molecule has 0 heterocycles. The molecule has 0 saturated carbocycles. The van der Waals surface area contributed by atoms with Gasteiger partial charge in [0.15, 0.2) is 0 Å². The predicted octanol–water partition coefficient (Wildman–Crippen LogP) is 3.95. The number of ether oxygens (including phenoxy) is 2. The second kappa shape index (κ2) is 14.8. The molecule has 4 heteroatoms. The summed E-state index contributed by atoms with van der Waals surface area (Å²) in [5.41, 5.74) is 0. The standard InChI is InChI=1S/C17H28O4/c1-3-5-6-8-11-16(12-9-7-10-14-18)21-15-13-17(19)20-4-2/h7,9,13-16H,3-6,8,10-12H2,1-2H3/b9-7-,15-13+/t16-/m1/s1. The van der Waals surface area contributed by atoms with Crippen molar-refractivity contribution in [2.75, 3.05) is 6.61 Å². The molecule has 0 aliphatic heterocycles. The predicted molar refractivity (Wildman–Crippen MR) is 83.8 cm³/mol. The van der Waals surface area contributed by atoms with E-state index >= 15 is 0 Å². The summed E-state index contributed by atoms with van der Waals surface area (Å²) in [4.78, 5) is 21.4. The first-order valence-electron chi connectivity index (χ1n) is 7.81. The van der Waals surface area contributed by atoms with Gasteiger partial charge in [-0.05, 0) is 19.8 Å². The summed E-state index contributed by atoms with van der Waals surface area (Å²) in [6, 6.07) is 0. The quantitative estimate of drug-likeness (QED) is 0.129. The van der Waals surface area contributed by atoms with Crippen LogP contribution in [0.1, 0.15) is 58.8 Å². The van der Waals surface area contributed by atoms with Crippen LogP contribution in [0.5, 0.6) is 0 Å². The van der Waals surface area contributed by atoms with Crippen molar-refractivity contribution >= 4 is 12.3 Å². The van der Waals surface area contributed by atoms with Gasteiger partial charge in [-0.15, -0.1) is 0 Å². The van der Waals surface area contributed by atoms with Crippen LogP contribution in [0.25, 0.3) is 0 Å². The lowest BCUT2D eigenvalue weighted by Gasteiger charge is -2.14. The Morgan fingerprint density at radius 3 is 2.62 bits per heavy atom. The second-order valence-electron chi connectivity index (χ2n) is 4.77. The maximum Gasteiger partial charge on any atom is 0.333 e. The van der Waals surface area contributed by atoms with E-state index in [0.29, 0.717) is 13.0 Å². The van der Waals surface area contributed by atoms with Crippen LogP contribution in [-0.4, -0.2) is 25.0 Å². The number of unbranched alkanes of at least 4 members (excludes halogenated alkanes) is 3. The minimum atomic E-state index is -0.390. The van der Waals surface area contributed by atoms with E-state index in [2.05, 4.69) is 6.92 Å². The summed E-state index contributed by atoms with van der Waals surface area (Å²) in [7, 11) is 0. The molecule has 0 spiro atoms. The molecule has 0 unspecified atom stereocenters. The molecule has 0 aromatic rings. The average Bonchev–Trinajstić information content (AvgIpc) is 2.47. The lowest BCUT2D eigenvalue weighted by Crippen LogP contribution is -2.09. The Balaban J connectivity index is 4.15. The van der Waals surface area contributed by atoms with E-state index in [4.69, 9.17) is 9.47 Å². The van der Waals surface area contributed by atoms with Crippen molar-refractivity contribution in [3.8, 4) is 0 Å². The van der Waals surface area contributed by atoms with E-state index in [0.717, 1.165) is 25.5 Å². The van der Waals surface area contributed by atoms with Crippen molar-refractivity contribution in [3.05, 3.63) is 24.5 Å². The van der Waals surface area contributed by atoms with Gasteiger partial charge in [0, 0.05) is 12.8 Å². The van der Waals surface area contributed by atoms with Crippen molar-refractivity contribution in [2.45, 2.75) is 64.9 Å². The third kappa shape index (κ3) is 13.2. The summed E-state index contributed by atoms with van der Waals surface area (Å²) in [6.07, 6.45) is 14.3. The molecule has 0 amide bonds. The van der Waals surface area contributed by atoms with Crippen molar-refractivity contribution in [3.63, 3.8) is 0 Å². The molecule has 0 saturated heterocycles. The third-order valence-corrected chi connectivity index (χ3v) is 2.94. The summed E-state index contributed by atoms with van der Waals surface area (Å²) in [5, 5.41) is 0. The average molecular weight is 296 g/mol. The Labute approximate surface area is 128 Å². The number of allylic oxidation sites excluding steroid dienone is 1. The van der Waals surface area contributed by atoms with Crippen molar-refractivity contribution in [1.82, 2.24) is 0 Å². The van der Waals surface area contributed by atoms with Crippen LogP contribution >= 0.6 is 0 Å². The maximum absolute atomic E-state index is 11.2. The normalized spacial score (nSPS) is 12.7. The highest BCUT2D eigenvalue weighted by atomic mass is 16.5. The molecule has 120 valence electrons. The number of hydrogen-bond donors (Lipinski definition) is 0. The van der Waals surface area contributed by atoms with Crippen LogP contribution in [0, 0.1) is 0 Å². The molecular weight excluding hydrogens is 268 g/mol. The molecule has 21 heavy (non-hydrogen) atoms. The fourth-order valence-electron chi connectivity index (χ4n) is 1.84. The number of carbonyl (C=O) groups is 2. The largest absolute Gasteiger partial charge is 0.497 e. The van der Waals surface area contributed by atoms with Gasteiger partial charge in [0.2, 0.25) is 0 Å². The summed E-state index contributed by atoms with van der Waals surface area (Å²) in [5.74, 6) is -0.390. The Bertz CT molecular complexity index is 321. The number of aldehydes is 1. The maximum atomic E-state index is 11.2. The number of carbonyl (C=O) groups excluding carboxylic acids is 2. The minimum absolute atomic E-state index is 0.0374. The number of hydrogen-bond acceptors (Lipinski definition) is 4. The highest BCUT2D eigenvalue weighted by Gasteiger charge is 2.06. The van der Waals surface area contributed by atoms with Crippen LogP contribution in [0.4, 0.5) is 0 Å². The molecule has 0 aromatic carbocycles. The highest BCUT2D eigenvalue weighted by molar-refractivity contribution is 5.81. The Kier molecular flexibility index (Phi) is 13.7.